The lowest BCUT2D eigenvalue weighted by atomic mass is 10.1. The second kappa shape index (κ2) is 8.85. The van der Waals surface area contributed by atoms with Crippen LogP contribution in [-0.2, 0) is 0 Å². The standard InChI is InChI=1S/C14H22FNO3/c1-11(6-7-17)8-16-9-13(18)10-19-14-4-2-12(15)3-5-14/h2-5,11,13,16-18H,6-10H2,1H3. The van der Waals surface area contributed by atoms with Gasteiger partial charge in [0.2, 0.25) is 0 Å². The number of ether oxygens (including phenoxy) is 1. The molecule has 2 atom stereocenters. The molecule has 1 rings (SSSR count). The number of hydrogen-bond donors (Lipinski definition) is 3. The van der Waals surface area contributed by atoms with Crippen LogP contribution in [0.3, 0.4) is 0 Å². The van der Waals surface area contributed by atoms with Crippen LogP contribution in [0.4, 0.5) is 4.39 Å². The van der Waals surface area contributed by atoms with Gasteiger partial charge in [0, 0.05) is 13.2 Å². The second-order valence-corrected chi connectivity index (χ2v) is 4.69. The highest BCUT2D eigenvalue weighted by molar-refractivity contribution is 5.22. The minimum absolute atomic E-state index is 0.160. The molecule has 0 aliphatic carbocycles. The van der Waals surface area contributed by atoms with E-state index in [2.05, 4.69) is 5.32 Å². The lowest BCUT2D eigenvalue weighted by Crippen LogP contribution is -2.34. The molecular weight excluding hydrogens is 249 g/mol. The van der Waals surface area contributed by atoms with Crippen LogP contribution in [0.15, 0.2) is 24.3 Å². The Labute approximate surface area is 113 Å². The van der Waals surface area contributed by atoms with Crippen LogP contribution < -0.4 is 10.1 Å². The van der Waals surface area contributed by atoms with Gasteiger partial charge < -0.3 is 20.3 Å². The summed E-state index contributed by atoms with van der Waals surface area (Å²) in [5.41, 5.74) is 0. The second-order valence-electron chi connectivity index (χ2n) is 4.69. The maximum atomic E-state index is 12.7. The van der Waals surface area contributed by atoms with Crippen molar-refractivity contribution < 1.29 is 19.3 Å². The summed E-state index contributed by atoms with van der Waals surface area (Å²) in [4.78, 5) is 0. The predicted molar refractivity (Wildman–Crippen MR) is 71.6 cm³/mol. The van der Waals surface area contributed by atoms with E-state index in [1.807, 2.05) is 6.92 Å². The topological polar surface area (TPSA) is 61.7 Å². The molecular formula is C14H22FNO3. The largest absolute Gasteiger partial charge is 0.491 e. The van der Waals surface area contributed by atoms with Crippen molar-refractivity contribution in [2.75, 3.05) is 26.3 Å². The van der Waals surface area contributed by atoms with Crippen LogP contribution >= 0.6 is 0 Å². The molecule has 0 heterocycles. The third kappa shape index (κ3) is 7.10. The molecule has 0 fully saturated rings. The molecule has 0 bridgehead atoms. The van der Waals surface area contributed by atoms with Crippen molar-refractivity contribution in [1.29, 1.82) is 0 Å². The van der Waals surface area contributed by atoms with Crippen molar-refractivity contribution in [1.82, 2.24) is 5.32 Å². The highest BCUT2D eigenvalue weighted by atomic mass is 19.1. The van der Waals surface area contributed by atoms with Crippen molar-refractivity contribution in [2.45, 2.75) is 19.4 Å². The molecule has 0 saturated carbocycles. The van der Waals surface area contributed by atoms with E-state index in [-0.39, 0.29) is 19.0 Å². The molecule has 2 unspecified atom stereocenters. The predicted octanol–water partition coefficient (Wildman–Crippen LogP) is 1.17. The fourth-order valence-corrected chi connectivity index (χ4v) is 1.60. The van der Waals surface area contributed by atoms with E-state index in [0.717, 1.165) is 13.0 Å². The Morgan fingerprint density at radius 3 is 2.58 bits per heavy atom. The van der Waals surface area contributed by atoms with Crippen LogP contribution in [0.2, 0.25) is 0 Å². The lowest BCUT2D eigenvalue weighted by Gasteiger charge is -2.15. The molecule has 0 amide bonds. The molecule has 19 heavy (non-hydrogen) atoms. The van der Waals surface area contributed by atoms with Crippen molar-refractivity contribution in [3.05, 3.63) is 30.1 Å². The number of aliphatic hydroxyl groups is 2. The summed E-state index contributed by atoms with van der Waals surface area (Å²) >= 11 is 0. The normalized spacial score (nSPS) is 14.1. The smallest absolute Gasteiger partial charge is 0.123 e. The molecule has 1 aromatic carbocycles. The van der Waals surface area contributed by atoms with Gasteiger partial charge in [0.1, 0.15) is 24.3 Å². The third-order valence-electron chi connectivity index (χ3n) is 2.75. The molecule has 0 saturated heterocycles. The van der Waals surface area contributed by atoms with E-state index in [9.17, 15) is 9.50 Å². The van der Waals surface area contributed by atoms with Crippen LogP contribution in [-0.4, -0.2) is 42.6 Å². The summed E-state index contributed by atoms with van der Waals surface area (Å²) in [5, 5.41) is 21.6. The lowest BCUT2D eigenvalue weighted by molar-refractivity contribution is 0.105. The third-order valence-corrected chi connectivity index (χ3v) is 2.75. The van der Waals surface area contributed by atoms with Gasteiger partial charge in [0.25, 0.3) is 0 Å². The number of benzene rings is 1. The Kier molecular flexibility index (Phi) is 7.40. The Balaban J connectivity index is 2.14. The molecule has 5 heteroatoms. The molecule has 0 spiro atoms. The summed E-state index contributed by atoms with van der Waals surface area (Å²) in [7, 11) is 0. The van der Waals surface area contributed by atoms with E-state index >= 15 is 0 Å². The van der Waals surface area contributed by atoms with Gasteiger partial charge >= 0.3 is 0 Å². The van der Waals surface area contributed by atoms with Gasteiger partial charge in [-0.1, -0.05) is 6.92 Å². The van der Waals surface area contributed by atoms with E-state index in [1.165, 1.54) is 24.3 Å². The van der Waals surface area contributed by atoms with Gasteiger partial charge in [0.15, 0.2) is 0 Å². The molecule has 0 aliphatic rings. The molecule has 0 aromatic heterocycles. The zero-order valence-electron chi connectivity index (χ0n) is 11.2. The maximum absolute atomic E-state index is 12.7. The molecule has 4 nitrogen and oxygen atoms in total. The molecule has 0 radical (unpaired) electrons. The highest BCUT2D eigenvalue weighted by Gasteiger charge is 2.06. The SMILES string of the molecule is CC(CCO)CNCC(O)COc1ccc(F)cc1. The average molecular weight is 271 g/mol. The zero-order valence-corrected chi connectivity index (χ0v) is 11.2. The molecule has 108 valence electrons. The number of halogens is 1. The molecule has 1 aromatic rings. The summed E-state index contributed by atoms with van der Waals surface area (Å²) in [6, 6.07) is 5.69. The van der Waals surface area contributed by atoms with Gasteiger partial charge in [0.05, 0.1) is 0 Å². The van der Waals surface area contributed by atoms with Crippen molar-refractivity contribution in [3.63, 3.8) is 0 Å². The van der Waals surface area contributed by atoms with Gasteiger partial charge in [-0.15, -0.1) is 0 Å². The first kappa shape index (κ1) is 15.9. The van der Waals surface area contributed by atoms with E-state index in [1.54, 1.807) is 0 Å². The summed E-state index contributed by atoms with van der Waals surface area (Å²) in [6.07, 6.45) is 0.126. The highest BCUT2D eigenvalue weighted by Crippen LogP contribution is 2.11. The minimum atomic E-state index is -0.619. The summed E-state index contributed by atoms with van der Waals surface area (Å²) in [5.74, 6) is 0.594. The summed E-state index contributed by atoms with van der Waals surface area (Å²) < 4.78 is 18.0. The Hall–Kier alpha value is -1.17. The summed E-state index contributed by atoms with van der Waals surface area (Å²) in [6.45, 7) is 3.54. The monoisotopic (exact) mass is 271 g/mol. The first-order chi connectivity index (χ1) is 9.11. The van der Waals surface area contributed by atoms with Crippen LogP contribution in [0, 0.1) is 11.7 Å². The first-order valence-electron chi connectivity index (χ1n) is 6.50. The van der Waals surface area contributed by atoms with Gasteiger partial charge in [-0.2, -0.15) is 0 Å². The Bertz CT molecular complexity index is 345. The van der Waals surface area contributed by atoms with Gasteiger partial charge in [-0.3, -0.25) is 0 Å². The van der Waals surface area contributed by atoms with Crippen LogP contribution in [0.25, 0.3) is 0 Å². The number of aliphatic hydroxyl groups excluding tert-OH is 2. The minimum Gasteiger partial charge on any atom is -0.491 e. The van der Waals surface area contributed by atoms with E-state index in [0.29, 0.717) is 18.2 Å². The average Bonchev–Trinajstić information content (AvgIpc) is 2.38. The van der Waals surface area contributed by atoms with Crippen molar-refractivity contribution in [3.8, 4) is 5.75 Å². The zero-order chi connectivity index (χ0) is 14.1. The number of rotatable bonds is 9. The Morgan fingerprint density at radius 1 is 1.26 bits per heavy atom. The fourth-order valence-electron chi connectivity index (χ4n) is 1.60. The molecule has 3 N–H and O–H groups in total. The van der Waals surface area contributed by atoms with Crippen molar-refractivity contribution in [2.24, 2.45) is 5.92 Å². The maximum Gasteiger partial charge on any atom is 0.123 e. The number of nitrogens with one attached hydrogen (secondary N) is 1. The molecule has 0 aliphatic heterocycles. The van der Waals surface area contributed by atoms with Crippen molar-refractivity contribution >= 4 is 0 Å². The number of hydrogen-bond acceptors (Lipinski definition) is 4. The fraction of sp³-hybridized carbons (Fsp3) is 0.571. The van der Waals surface area contributed by atoms with Gasteiger partial charge in [-0.05, 0) is 43.1 Å². The first-order valence-corrected chi connectivity index (χ1v) is 6.50. The van der Waals surface area contributed by atoms with E-state index < -0.39 is 6.10 Å². The quantitative estimate of drug-likeness (QED) is 0.631. The van der Waals surface area contributed by atoms with Gasteiger partial charge in [-0.25, -0.2) is 4.39 Å². The Morgan fingerprint density at radius 2 is 1.95 bits per heavy atom. The van der Waals surface area contributed by atoms with E-state index in [4.69, 9.17) is 9.84 Å². The van der Waals surface area contributed by atoms with Crippen LogP contribution in [0.1, 0.15) is 13.3 Å². The van der Waals surface area contributed by atoms with Crippen LogP contribution in [0.5, 0.6) is 5.75 Å².